The highest BCUT2D eigenvalue weighted by Crippen LogP contribution is 2.67. The summed E-state index contributed by atoms with van der Waals surface area (Å²) in [4.78, 5) is 24.6. The SMILES string of the molecule is CC(C)CCC[C@@H](C)[C@H]1CC[C@H]2[C@@H]3CC=C4C[C@@H](OC(=O)CCOCCOCC(N)C(=O)OC(C)(C)C)CC[C@]4(C)[C@H]3CC[C@]12C. The fourth-order valence-electron chi connectivity index (χ4n) is 10.0. The molecule has 264 valence electrons. The van der Waals surface area contributed by atoms with Crippen LogP contribution in [-0.2, 0) is 28.5 Å². The van der Waals surface area contributed by atoms with Crippen molar-refractivity contribution in [3.63, 3.8) is 0 Å². The lowest BCUT2D eigenvalue weighted by Crippen LogP contribution is -2.51. The van der Waals surface area contributed by atoms with E-state index in [-0.39, 0.29) is 37.1 Å². The molecular formula is C39H67NO6. The summed E-state index contributed by atoms with van der Waals surface area (Å²) in [6, 6.07) is -0.830. The highest BCUT2D eigenvalue weighted by atomic mass is 16.6. The van der Waals surface area contributed by atoms with E-state index in [0.29, 0.717) is 18.6 Å². The van der Waals surface area contributed by atoms with Gasteiger partial charge < -0.3 is 24.7 Å². The summed E-state index contributed by atoms with van der Waals surface area (Å²) in [5.41, 5.74) is 7.56. The van der Waals surface area contributed by atoms with Crippen LogP contribution in [0.3, 0.4) is 0 Å². The first-order valence-electron chi connectivity index (χ1n) is 18.7. The lowest BCUT2D eigenvalue weighted by molar-refractivity contribution is -0.158. The first-order chi connectivity index (χ1) is 21.6. The maximum atomic E-state index is 12.7. The topological polar surface area (TPSA) is 97.1 Å². The summed E-state index contributed by atoms with van der Waals surface area (Å²) in [6.07, 6.45) is 16.7. The number of esters is 2. The standard InChI is InChI=1S/C39H67NO6/c1-26(2)10-9-11-27(3)31-14-15-32-30-13-12-28-24-29(16-19-38(28,7)33(30)17-20-39(31,32)8)45-35(41)18-21-43-22-23-44-25-34(40)36(42)46-37(4,5)6/h12,26-27,29-34H,9-11,13-25,40H2,1-8H3/t27-,29+,30+,31-,32+,33+,34?,38+,39-/m1/s1. The van der Waals surface area contributed by atoms with Crippen molar-refractivity contribution in [1.29, 1.82) is 0 Å². The van der Waals surface area contributed by atoms with E-state index >= 15 is 0 Å². The summed E-state index contributed by atoms with van der Waals surface area (Å²) in [7, 11) is 0. The second-order valence-corrected chi connectivity index (χ2v) is 17.2. The summed E-state index contributed by atoms with van der Waals surface area (Å²) in [5.74, 6) is 4.31. The van der Waals surface area contributed by atoms with Gasteiger partial charge in [0.1, 0.15) is 17.7 Å². The van der Waals surface area contributed by atoms with Gasteiger partial charge in [0.05, 0.1) is 32.8 Å². The van der Waals surface area contributed by atoms with E-state index in [9.17, 15) is 9.59 Å². The average molecular weight is 646 g/mol. The van der Waals surface area contributed by atoms with E-state index in [0.717, 1.165) is 54.8 Å². The molecule has 3 saturated carbocycles. The number of allylic oxidation sites excluding steroid dienone is 1. The van der Waals surface area contributed by atoms with Gasteiger partial charge in [-0.25, -0.2) is 0 Å². The van der Waals surface area contributed by atoms with Crippen LogP contribution in [0, 0.1) is 46.3 Å². The predicted octanol–water partition coefficient (Wildman–Crippen LogP) is 8.03. The molecule has 0 amide bonds. The molecule has 0 aromatic rings. The largest absolute Gasteiger partial charge is 0.462 e. The third kappa shape index (κ3) is 9.16. The van der Waals surface area contributed by atoms with Crippen molar-refractivity contribution in [2.75, 3.05) is 26.4 Å². The van der Waals surface area contributed by atoms with Crippen LogP contribution in [0.2, 0.25) is 0 Å². The molecule has 0 radical (unpaired) electrons. The lowest BCUT2D eigenvalue weighted by atomic mass is 9.47. The molecule has 7 nitrogen and oxygen atoms in total. The highest BCUT2D eigenvalue weighted by Gasteiger charge is 2.59. The van der Waals surface area contributed by atoms with Crippen molar-refractivity contribution in [3.8, 4) is 0 Å². The molecule has 2 N–H and O–H groups in total. The quantitative estimate of drug-likeness (QED) is 0.109. The molecule has 0 aliphatic heterocycles. The molecule has 4 aliphatic carbocycles. The van der Waals surface area contributed by atoms with E-state index in [4.69, 9.17) is 24.7 Å². The zero-order chi connectivity index (χ0) is 33.7. The van der Waals surface area contributed by atoms with Gasteiger partial charge in [0.15, 0.2) is 0 Å². The molecule has 0 aromatic heterocycles. The lowest BCUT2D eigenvalue weighted by Gasteiger charge is -2.58. The Kier molecular flexibility index (Phi) is 12.9. The number of ether oxygens (including phenoxy) is 4. The molecule has 4 aliphatic rings. The van der Waals surface area contributed by atoms with Crippen LogP contribution in [0.4, 0.5) is 0 Å². The highest BCUT2D eigenvalue weighted by molar-refractivity contribution is 5.76. The third-order valence-electron chi connectivity index (χ3n) is 12.4. The van der Waals surface area contributed by atoms with Gasteiger partial charge in [-0.05, 0) is 112 Å². The predicted molar refractivity (Wildman–Crippen MR) is 183 cm³/mol. The number of fused-ring (bicyclic) bond motifs is 5. The Bertz CT molecular complexity index is 1050. The fraction of sp³-hybridized carbons (Fsp3) is 0.897. The van der Waals surface area contributed by atoms with Gasteiger partial charge in [-0.2, -0.15) is 0 Å². The zero-order valence-corrected chi connectivity index (χ0v) is 30.5. The second kappa shape index (κ2) is 15.8. The minimum Gasteiger partial charge on any atom is -0.462 e. The van der Waals surface area contributed by atoms with Crippen LogP contribution in [0.25, 0.3) is 0 Å². The molecule has 0 bridgehead atoms. The number of carbonyl (C=O) groups excluding carboxylic acids is 2. The average Bonchev–Trinajstić information content (AvgIpc) is 3.33. The minimum absolute atomic E-state index is 0.0301. The fourth-order valence-corrected chi connectivity index (χ4v) is 10.0. The molecule has 0 spiro atoms. The van der Waals surface area contributed by atoms with E-state index in [2.05, 4.69) is 40.7 Å². The Morgan fingerprint density at radius 3 is 2.41 bits per heavy atom. The van der Waals surface area contributed by atoms with Gasteiger partial charge in [0.25, 0.3) is 0 Å². The normalized spacial score (nSPS) is 33.8. The van der Waals surface area contributed by atoms with Crippen LogP contribution in [0.5, 0.6) is 0 Å². The smallest absolute Gasteiger partial charge is 0.325 e. The summed E-state index contributed by atoms with van der Waals surface area (Å²) in [5, 5.41) is 0. The number of rotatable bonds is 15. The van der Waals surface area contributed by atoms with Crippen LogP contribution < -0.4 is 5.73 Å². The van der Waals surface area contributed by atoms with Crippen molar-refractivity contribution in [3.05, 3.63) is 11.6 Å². The van der Waals surface area contributed by atoms with Gasteiger partial charge in [-0.3, -0.25) is 9.59 Å². The van der Waals surface area contributed by atoms with Gasteiger partial charge in [-0.15, -0.1) is 0 Å². The zero-order valence-electron chi connectivity index (χ0n) is 30.5. The van der Waals surface area contributed by atoms with Crippen LogP contribution in [0.15, 0.2) is 11.6 Å². The van der Waals surface area contributed by atoms with E-state index in [1.807, 2.05) is 0 Å². The van der Waals surface area contributed by atoms with Crippen LogP contribution in [-0.4, -0.2) is 56.1 Å². The first kappa shape index (κ1) is 37.4. The van der Waals surface area contributed by atoms with Crippen molar-refractivity contribution in [2.24, 2.45) is 52.1 Å². The Labute approximate surface area is 280 Å². The Balaban J connectivity index is 1.18. The van der Waals surface area contributed by atoms with Crippen molar-refractivity contribution in [2.45, 2.75) is 150 Å². The molecule has 9 atom stereocenters. The second-order valence-electron chi connectivity index (χ2n) is 17.2. The van der Waals surface area contributed by atoms with Gasteiger partial charge in [0.2, 0.25) is 0 Å². The summed E-state index contributed by atoms with van der Waals surface area (Å²) < 4.78 is 22.2. The maximum absolute atomic E-state index is 12.7. The molecule has 0 aromatic carbocycles. The van der Waals surface area contributed by atoms with Crippen molar-refractivity contribution < 1.29 is 28.5 Å². The Hall–Kier alpha value is -1.44. The molecule has 0 saturated heterocycles. The Morgan fingerprint density at radius 1 is 0.957 bits per heavy atom. The summed E-state index contributed by atoms with van der Waals surface area (Å²) in [6.45, 7) is 18.8. The molecule has 0 heterocycles. The number of hydrogen-bond acceptors (Lipinski definition) is 7. The molecule has 3 fully saturated rings. The molecule has 7 heteroatoms. The maximum Gasteiger partial charge on any atom is 0.325 e. The molecule has 46 heavy (non-hydrogen) atoms. The minimum atomic E-state index is -0.830. The monoisotopic (exact) mass is 645 g/mol. The Morgan fingerprint density at radius 2 is 1.70 bits per heavy atom. The molecule has 4 rings (SSSR count). The molecule has 1 unspecified atom stereocenters. The van der Waals surface area contributed by atoms with Gasteiger partial charge in [-0.1, -0.05) is 65.5 Å². The van der Waals surface area contributed by atoms with E-state index < -0.39 is 17.6 Å². The number of hydrogen-bond donors (Lipinski definition) is 1. The van der Waals surface area contributed by atoms with Crippen molar-refractivity contribution in [1.82, 2.24) is 0 Å². The third-order valence-corrected chi connectivity index (χ3v) is 12.4. The molecular weight excluding hydrogens is 578 g/mol. The van der Waals surface area contributed by atoms with E-state index in [1.165, 1.54) is 51.4 Å². The van der Waals surface area contributed by atoms with E-state index in [1.54, 1.807) is 26.3 Å². The van der Waals surface area contributed by atoms with Crippen LogP contribution >= 0.6 is 0 Å². The van der Waals surface area contributed by atoms with Gasteiger partial charge >= 0.3 is 11.9 Å². The number of carbonyl (C=O) groups is 2. The first-order valence-corrected chi connectivity index (χ1v) is 18.7. The van der Waals surface area contributed by atoms with Gasteiger partial charge in [0, 0.05) is 6.42 Å². The van der Waals surface area contributed by atoms with Crippen molar-refractivity contribution >= 4 is 11.9 Å². The number of nitrogens with two attached hydrogens (primary N) is 1. The summed E-state index contributed by atoms with van der Waals surface area (Å²) >= 11 is 0. The van der Waals surface area contributed by atoms with Crippen LogP contribution in [0.1, 0.15) is 132 Å².